The van der Waals surface area contributed by atoms with Gasteiger partial charge in [-0.15, -0.1) is 0 Å². The molecule has 0 aromatic rings. The number of carbonyl (C=O) groups excluding carboxylic acids is 1. The van der Waals surface area contributed by atoms with Crippen molar-refractivity contribution in [3.8, 4) is 0 Å². The van der Waals surface area contributed by atoms with Gasteiger partial charge in [0, 0.05) is 6.04 Å². The van der Waals surface area contributed by atoms with Crippen LogP contribution in [-0.4, -0.2) is 30.2 Å². The second kappa shape index (κ2) is 4.29. The SMILES string of the molecule is C[C@@H](CO)NC(=O)CN. The van der Waals surface area contributed by atoms with E-state index in [1.165, 1.54) is 0 Å². The first-order valence-corrected chi connectivity index (χ1v) is 2.81. The number of hydrogen-bond acceptors (Lipinski definition) is 3. The lowest BCUT2D eigenvalue weighted by Gasteiger charge is -2.08. The third-order valence-electron chi connectivity index (χ3n) is 0.867. The quantitative estimate of drug-likeness (QED) is 0.435. The van der Waals surface area contributed by atoms with Crippen LogP contribution in [0.1, 0.15) is 6.92 Å². The zero-order valence-corrected chi connectivity index (χ0v) is 5.42. The van der Waals surface area contributed by atoms with Gasteiger partial charge in [0.25, 0.3) is 0 Å². The Balaban J connectivity index is 3.34. The maximum atomic E-state index is 10.4. The monoisotopic (exact) mass is 132 g/mol. The molecule has 0 aliphatic heterocycles. The van der Waals surface area contributed by atoms with E-state index >= 15 is 0 Å². The standard InChI is InChI=1S/C5H12N2O2/c1-4(3-8)7-5(9)2-6/h4,8H,2-3,6H2,1H3,(H,7,9)/t4-/m0/s1. The topological polar surface area (TPSA) is 75.3 Å². The molecule has 0 fully saturated rings. The number of amides is 1. The van der Waals surface area contributed by atoms with E-state index in [0.29, 0.717) is 0 Å². The number of hydrogen-bond donors (Lipinski definition) is 3. The highest BCUT2D eigenvalue weighted by atomic mass is 16.3. The van der Waals surface area contributed by atoms with Crippen LogP contribution in [0.2, 0.25) is 0 Å². The second-order valence-corrected chi connectivity index (χ2v) is 1.86. The Morgan fingerprint density at radius 2 is 2.44 bits per heavy atom. The van der Waals surface area contributed by atoms with Crippen LogP contribution in [0.4, 0.5) is 0 Å². The molecule has 0 heterocycles. The first-order valence-electron chi connectivity index (χ1n) is 2.81. The molecule has 4 N–H and O–H groups in total. The van der Waals surface area contributed by atoms with Crippen molar-refractivity contribution in [1.82, 2.24) is 5.32 Å². The number of aliphatic hydroxyl groups excluding tert-OH is 1. The van der Waals surface area contributed by atoms with Crippen molar-refractivity contribution in [3.05, 3.63) is 0 Å². The van der Waals surface area contributed by atoms with Crippen LogP contribution in [-0.2, 0) is 4.79 Å². The number of nitrogens with one attached hydrogen (secondary N) is 1. The molecule has 0 aliphatic rings. The summed E-state index contributed by atoms with van der Waals surface area (Å²) in [4.78, 5) is 10.4. The lowest BCUT2D eigenvalue weighted by atomic mass is 10.3. The van der Waals surface area contributed by atoms with Crippen LogP contribution in [0, 0.1) is 0 Å². The van der Waals surface area contributed by atoms with Crippen LogP contribution in [0.5, 0.6) is 0 Å². The van der Waals surface area contributed by atoms with E-state index in [0.717, 1.165) is 0 Å². The summed E-state index contributed by atoms with van der Waals surface area (Å²) in [5.41, 5.74) is 4.98. The van der Waals surface area contributed by atoms with E-state index in [1.54, 1.807) is 6.92 Å². The first-order chi connectivity index (χ1) is 4.20. The highest BCUT2D eigenvalue weighted by Crippen LogP contribution is 1.75. The fourth-order valence-electron chi connectivity index (χ4n) is 0.379. The van der Waals surface area contributed by atoms with E-state index < -0.39 is 0 Å². The molecule has 9 heavy (non-hydrogen) atoms. The van der Waals surface area contributed by atoms with E-state index in [-0.39, 0.29) is 25.1 Å². The average molecular weight is 132 g/mol. The number of carbonyl (C=O) groups is 1. The van der Waals surface area contributed by atoms with Gasteiger partial charge in [-0.25, -0.2) is 0 Å². The van der Waals surface area contributed by atoms with Gasteiger partial charge in [0.05, 0.1) is 13.2 Å². The minimum absolute atomic E-state index is 0.0235. The predicted octanol–water partition coefficient (Wildman–Crippen LogP) is -1.56. The zero-order chi connectivity index (χ0) is 7.28. The van der Waals surface area contributed by atoms with Gasteiger partial charge >= 0.3 is 0 Å². The predicted molar refractivity (Wildman–Crippen MR) is 33.7 cm³/mol. The summed E-state index contributed by atoms with van der Waals surface area (Å²) in [5.74, 6) is -0.239. The molecule has 0 unspecified atom stereocenters. The van der Waals surface area contributed by atoms with Crippen molar-refractivity contribution in [2.24, 2.45) is 5.73 Å². The smallest absolute Gasteiger partial charge is 0.234 e. The minimum Gasteiger partial charge on any atom is -0.394 e. The molecular weight excluding hydrogens is 120 g/mol. The molecule has 0 aliphatic carbocycles. The number of nitrogens with two attached hydrogens (primary N) is 1. The van der Waals surface area contributed by atoms with Gasteiger partial charge in [-0.3, -0.25) is 4.79 Å². The van der Waals surface area contributed by atoms with Crippen molar-refractivity contribution < 1.29 is 9.90 Å². The van der Waals surface area contributed by atoms with Gasteiger partial charge in [-0.2, -0.15) is 0 Å². The molecular formula is C5H12N2O2. The normalized spacial score (nSPS) is 12.8. The van der Waals surface area contributed by atoms with E-state index in [9.17, 15) is 4.79 Å². The van der Waals surface area contributed by atoms with Crippen LogP contribution in [0.15, 0.2) is 0 Å². The highest BCUT2D eigenvalue weighted by molar-refractivity contribution is 5.77. The average Bonchev–Trinajstić information content (AvgIpc) is 1.87. The summed E-state index contributed by atoms with van der Waals surface area (Å²) in [7, 11) is 0. The maximum absolute atomic E-state index is 10.4. The fraction of sp³-hybridized carbons (Fsp3) is 0.800. The molecule has 0 rings (SSSR count). The molecule has 0 spiro atoms. The Bertz CT molecular complexity index is 95.0. The van der Waals surface area contributed by atoms with Gasteiger partial charge in [0.2, 0.25) is 5.91 Å². The van der Waals surface area contributed by atoms with Crippen LogP contribution in [0.25, 0.3) is 0 Å². The van der Waals surface area contributed by atoms with Crippen molar-refractivity contribution in [2.45, 2.75) is 13.0 Å². The summed E-state index contributed by atoms with van der Waals surface area (Å²) in [6, 6.07) is -0.193. The molecule has 1 amide bonds. The summed E-state index contributed by atoms with van der Waals surface area (Å²) in [5, 5.41) is 10.9. The molecule has 0 saturated heterocycles. The van der Waals surface area contributed by atoms with Gasteiger partial charge in [0.1, 0.15) is 0 Å². The Labute approximate surface area is 54.0 Å². The van der Waals surface area contributed by atoms with Crippen molar-refractivity contribution in [1.29, 1.82) is 0 Å². The van der Waals surface area contributed by atoms with Crippen LogP contribution >= 0.6 is 0 Å². The lowest BCUT2D eigenvalue weighted by Crippen LogP contribution is -2.38. The van der Waals surface area contributed by atoms with Gasteiger partial charge in [-0.05, 0) is 6.92 Å². The maximum Gasteiger partial charge on any atom is 0.234 e. The zero-order valence-electron chi connectivity index (χ0n) is 5.42. The van der Waals surface area contributed by atoms with Crippen molar-refractivity contribution >= 4 is 5.91 Å². The Morgan fingerprint density at radius 1 is 1.89 bits per heavy atom. The first kappa shape index (κ1) is 8.39. The molecule has 0 saturated carbocycles. The third-order valence-corrected chi connectivity index (χ3v) is 0.867. The number of rotatable bonds is 3. The minimum atomic E-state index is -0.239. The summed E-state index contributed by atoms with van der Waals surface area (Å²) in [6.07, 6.45) is 0. The number of aliphatic hydroxyl groups is 1. The van der Waals surface area contributed by atoms with Gasteiger partial charge < -0.3 is 16.2 Å². The van der Waals surface area contributed by atoms with Gasteiger partial charge in [0.15, 0.2) is 0 Å². The highest BCUT2D eigenvalue weighted by Gasteiger charge is 2.01. The fourth-order valence-corrected chi connectivity index (χ4v) is 0.379. The summed E-state index contributed by atoms with van der Waals surface area (Å²) < 4.78 is 0. The Hall–Kier alpha value is -0.610. The van der Waals surface area contributed by atoms with Crippen LogP contribution in [0.3, 0.4) is 0 Å². The van der Waals surface area contributed by atoms with E-state index in [2.05, 4.69) is 5.32 Å². The molecule has 54 valence electrons. The molecule has 0 aromatic carbocycles. The molecule has 4 nitrogen and oxygen atoms in total. The molecule has 0 radical (unpaired) electrons. The Kier molecular flexibility index (Phi) is 4.00. The lowest BCUT2D eigenvalue weighted by molar-refractivity contribution is -0.120. The van der Waals surface area contributed by atoms with Gasteiger partial charge in [-0.1, -0.05) is 0 Å². The molecule has 4 heteroatoms. The summed E-state index contributed by atoms with van der Waals surface area (Å²) >= 11 is 0. The van der Waals surface area contributed by atoms with Crippen molar-refractivity contribution in [2.75, 3.05) is 13.2 Å². The summed E-state index contributed by atoms with van der Waals surface area (Å²) in [6.45, 7) is 1.63. The van der Waals surface area contributed by atoms with E-state index in [1.807, 2.05) is 0 Å². The van der Waals surface area contributed by atoms with Crippen LogP contribution < -0.4 is 11.1 Å². The third kappa shape index (κ3) is 3.93. The van der Waals surface area contributed by atoms with E-state index in [4.69, 9.17) is 10.8 Å². The van der Waals surface area contributed by atoms with Crippen molar-refractivity contribution in [3.63, 3.8) is 0 Å². The molecule has 0 bridgehead atoms. The second-order valence-electron chi connectivity index (χ2n) is 1.86. The Morgan fingerprint density at radius 3 is 2.78 bits per heavy atom. The molecule has 0 aromatic heterocycles. The molecule has 1 atom stereocenters. The largest absolute Gasteiger partial charge is 0.394 e.